The van der Waals surface area contributed by atoms with E-state index < -0.39 is 11.8 Å². The van der Waals surface area contributed by atoms with Crippen molar-refractivity contribution in [1.82, 2.24) is 20.0 Å². The Morgan fingerprint density at radius 2 is 1.66 bits per heavy atom. The Morgan fingerprint density at radius 1 is 0.886 bits per heavy atom. The Bertz CT molecular complexity index is 1410. The molecule has 1 aliphatic rings. The molecule has 7 heteroatoms. The summed E-state index contributed by atoms with van der Waals surface area (Å²) in [4.78, 5) is 38.9. The molecule has 0 saturated carbocycles. The highest BCUT2D eigenvalue weighted by Crippen LogP contribution is 2.25. The van der Waals surface area contributed by atoms with Crippen molar-refractivity contribution in [2.24, 2.45) is 0 Å². The molecule has 5 rings (SSSR count). The summed E-state index contributed by atoms with van der Waals surface area (Å²) in [7, 11) is 0. The van der Waals surface area contributed by atoms with Gasteiger partial charge in [0.15, 0.2) is 0 Å². The molecule has 0 saturated heterocycles. The molecule has 2 heterocycles. The normalized spacial score (nSPS) is 12.7. The maximum absolute atomic E-state index is 12.7. The van der Waals surface area contributed by atoms with Crippen LogP contribution in [0.5, 0.6) is 0 Å². The number of amides is 3. The molecule has 0 unspecified atom stereocenters. The van der Waals surface area contributed by atoms with E-state index >= 15 is 0 Å². The summed E-state index contributed by atoms with van der Waals surface area (Å²) in [5, 5.41) is 7.10. The fourth-order valence-electron chi connectivity index (χ4n) is 4.27. The standard InChI is InChI=1S/C28H24N4O3/c1-19-7-12-24-25(15-19)28(35)32(27(24)34)18-26(33)29-16-22-5-2-3-6-23(22)21-10-8-20(9-11-21)17-31-14-4-13-30-31/h2-15H,16-18H2,1H3,(H,29,33). The van der Waals surface area contributed by atoms with Crippen molar-refractivity contribution in [1.29, 1.82) is 0 Å². The van der Waals surface area contributed by atoms with Crippen LogP contribution in [0.4, 0.5) is 0 Å². The van der Waals surface area contributed by atoms with E-state index in [0.717, 1.165) is 32.7 Å². The molecule has 0 aliphatic carbocycles. The Labute approximate surface area is 203 Å². The molecule has 35 heavy (non-hydrogen) atoms. The van der Waals surface area contributed by atoms with Crippen LogP contribution in [0.2, 0.25) is 0 Å². The second kappa shape index (κ2) is 9.38. The van der Waals surface area contributed by atoms with Crippen LogP contribution in [-0.4, -0.2) is 38.9 Å². The van der Waals surface area contributed by atoms with Gasteiger partial charge in [0, 0.05) is 18.9 Å². The number of aryl methyl sites for hydroxylation is 1. The first-order chi connectivity index (χ1) is 17.0. The fraction of sp³-hybridized carbons (Fsp3) is 0.143. The second-order valence-electron chi connectivity index (χ2n) is 8.58. The number of carbonyl (C=O) groups is 3. The van der Waals surface area contributed by atoms with Crippen LogP contribution < -0.4 is 5.32 Å². The molecular weight excluding hydrogens is 440 g/mol. The Morgan fingerprint density at radius 3 is 2.43 bits per heavy atom. The summed E-state index contributed by atoms with van der Waals surface area (Å²) in [5.41, 5.74) is 5.71. The lowest BCUT2D eigenvalue weighted by Crippen LogP contribution is -2.40. The smallest absolute Gasteiger partial charge is 0.262 e. The largest absolute Gasteiger partial charge is 0.350 e. The van der Waals surface area contributed by atoms with Crippen molar-refractivity contribution in [3.63, 3.8) is 0 Å². The summed E-state index contributed by atoms with van der Waals surface area (Å²) < 4.78 is 1.87. The van der Waals surface area contributed by atoms with Crippen molar-refractivity contribution in [2.45, 2.75) is 20.0 Å². The number of fused-ring (bicyclic) bond motifs is 1. The molecule has 0 bridgehead atoms. The van der Waals surface area contributed by atoms with Gasteiger partial charge in [-0.3, -0.25) is 24.0 Å². The number of hydrogen-bond donors (Lipinski definition) is 1. The van der Waals surface area contributed by atoms with Crippen LogP contribution in [0.3, 0.4) is 0 Å². The average Bonchev–Trinajstić information content (AvgIpc) is 3.46. The van der Waals surface area contributed by atoms with Crippen LogP contribution >= 0.6 is 0 Å². The first-order valence-corrected chi connectivity index (χ1v) is 11.4. The van der Waals surface area contributed by atoms with E-state index in [1.54, 1.807) is 24.4 Å². The minimum Gasteiger partial charge on any atom is -0.350 e. The van der Waals surface area contributed by atoms with E-state index in [4.69, 9.17) is 0 Å². The van der Waals surface area contributed by atoms with Gasteiger partial charge in [-0.25, -0.2) is 0 Å². The van der Waals surface area contributed by atoms with Crippen molar-refractivity contribution in [3.05, 3.63) is 113 Å². The van der Waals surface area contributed by atoms with Crippen molar-refractivity contribution in [2.75, 3.05) is 6.54 Å². The third-order valence-corrected chi connectivity index (χ3v) is 6.09. The number of rotatable bonds is 7. The summed E-state index contributed by atoms with van der Waals surface area (Å²) in [6.45, 7) is 2.53. The van der Waals surface area contributed by atoms with Crippen molar-refractivity contribution in [3.8, 4) is 11.1 Å². The van der Waals surface area contributed by atoms with Gasteiger partial charge in [0.1, 0.15) is 6.54 Å². The zero-order valence-electron chi connectivity index (χ0n) is 19.3. The zero-order valence-corrected chi connectivity index (χ0v) is 19.3. The molecule has 1 aromatic heterocycles. The van der Waals surface area contributed by atoms with Gasteiger partial charge < -0.3 is 5.32 Å². The molecular formula is C28H24N4O3. The van der Waals surface area contributed by atoms with Crippen molar-refractivity contribution >= 4 is 17.7 Å². The van der Waals surface area contributed by atoms with Crippen molar-refractivity contribution < 1.29 is 14.4 Å². The first-order valence-electron chi connectivity index (χ1n) is 11.4. The number of imide groups is 1. The molecule has 3 aromatic carbocycles. The fourth-order valence-corrected chi connectivity index (χ4v) is 4.27. The predicted octanol–water partition coefficient (Wildman–Crippen LogP) is 3.82. The molecule has 0 spiro atoms. The van der Waals surface area contributed by atoms with Crippen LogP contribution in [0, 0.1) is 6.92 Å². The number of aromatic nitrogens is 2. The topological polar surface area (TPSA) is 84.3 Å². The van der Waals surface area contributed by atoms with Gasteiger partial charge in [0.05, 0.1) is 17.7 Å². The molecule has 4 aromatic rings. The van der Waals surface area contributed by atoms with E-state index in [0.29, 0.717) is 17.7 Å². The lowest BCUT2D eigenvalue weighted by molar-refractivity contribution is -0.121. The van der Waals surface area contributed by atoms with Gasteiger partial charge in [-0.2, -0.15) is 5.10 Å². The van der Waals surface area contributed by atoms with Crippen LogP contribution in [0.25, 0.3) is 11.1 Å². The lowest BCUT2D eigenvalue weighted by atomic mass is 9.98. The van der Waals surface area contributed by atoms with Gasteiger partial charge in [0.2, 0.25) is 5.91 Å². The molecule has 1 aliphatic heterocycles. The number of nitrogens with zero attached hydrogens (tertiary/aromatic N) is 3. The zero-order chi connectivity index (χ0) is 24.4. The maximum Gasteiger partial charge on any atom is 0.262 e. The average molecular weight is 465 g/mol. The van der Waals surface area contributed by atoms with Gasteiger partial charge in [0.25, 0.3) is 11.8 Å². The third-order valence-electron chi connectivity index (χ3n) is 6.09. The molecule has 0 radical (unpaired) electrons. The molecule has 3 amide bonds. The Hall–Kier alpha value is -4.52. The number of nitrogens with one attached hydrogen (secondary N) is 1. The van der Waals surface area contributed by atoms with Crippen LogP contribution in [0.15, 0.2) is 85.2 Å². The van der Waals surface area contributed by atoms with Crippen LogP contribution in [-0.2, 0) is 17.9 Å². The van der Waals surface area contributed by atoms with E-state index in [-0.39, 0.29) is 19.0 Å². The summed E-state index contributed by atoms with van der Waals surface area (Å²) >= 11 is 0. The minimum absolute atomic E-state index is 0.284. The SMILES string of the molecule is Cc1ccc2c(c1)C(=O)N(CC(=O)NCc1ccccc1-c1ccc(Cn3cccn3)cc1)C2=O. The number of carbonyl (C=O) groups excluding carboxylic acids is 3. The van der Waals surface area contributed by atoms with E-state index in [1.807, 2.05) is 48.1 Å². The van der Waals surface area contributed by atoms with Gasteiger partial charge in [-0.05, 0) is 47.4 Å². The molecule has 0 atom stereocenters. The summed E-state index contributed by atoms with van der Waals surface area (Å²) in [5.74, 6) is -1.25. The first kappa shape index (κ1) is 22.3. The maximum atomic E-state index is 12.7. The summed E-state index contributed by atoms with van der Waals surface area (Å²) in [6.07, 6.45) is 3.68. The number of hydrogen-bond acceptors (Lipinski definition) is 4. The highest BCUT2D eigenvalue weighted by molar-refractivity contribution is 6.22. The molecule has 0 fully saturated rings. The van der Waals surface area contributed by atoms with Gasteiger partial charge in [-0.1, -0.05) is 60.2 Å². The number of benzene rings is 3. The van der Waals surface area contributed by atoms with E-state index in [1.165, 1.54) is 0 Å². The molecule has 7 nitrogen and oxygen atoms in total. The van der Waals surface area contributed by atoms with E-state index in [2.05, 4.69) is 34.7 Å². The van der Waals surface area contributed by atoms with E-state index in [9.17, 15) is 14.4 Å². The highest BCUT2D eigenvalue weighted by Gasteiger charge is 2.36. The monoisotopic (exact) mass is 464 g/mol. The van der Waals surface area contributed by atoms with Gasteiger partial charge in [-0.15, -0.1) is 0 Å². The molecule has 1 N–H and O–H groups in total. The van der Waals surface area contributed by atoms with Gasteiger partial charge >= 0.3 is 0 Å². The third kappa shape index (κ3) is 4.61. The highest BCUT2D eigenvalue weighted by atomic mass is 16.2. The summed E-state index contributed by atoms with van der Waals surface area (Å²) in [6, 6.07) is 23.1. The quantitative estimate of drug-likeness (QED) is 0.422. The van der Waals surface area contributed by atoms with Crippen LogP contribution in [0.1, 0.15) is 37.4 Å². The lowest BCUT2D eigenvalue weighted by Gasteiger charge is -2.15. The Balaban J connectivity index is 1.24. The predicted molar refractivity (Wildman–Crippen MR) is 132 cm³/mol. The minimum atomic E-state index is -0.434. The Kier molecular flexibility index (Phi) is 5.97. The molecule has 174 valence electrons. The second-order valence-corrected chi connectivity index (χ2v) is 8.58.